The largest absolute Gasteiger partial charge is 0.296 e. The molecule has 2 aromatic rings. The molecular formula is C11H10Cl3N3O2S. The number of halogens is 3. The van der Waals surface area contributed by atoms with Crippen LogP contribution >= 0.6 is 33.9 Å². The van der Waals surface area contributed by atoms with Crippen LogP contribution in [0.15, 0.2) is 23.4 Å². The molecule has 1 heterocycles. The number of benzene rings is 1. The molecule has 1 aromatic carbocycles. The Kier molecular flexibility index (Phi) is 4.30. The molecule has 0 fully saturated rings. The van der Waals surface area contributed by atoms with Gasteiger partial charge in [0.05, 0.1) is 15.6 Å². The molecule has 0 saturated heterocycles. The van der Waals surface area contributed by atoms with Crippen LogP contribution in [-0.2, 0) is 9.05 Å². The second kappa shape index (κ2) is 5.52. The first-order valence-electron chi connectivity index (χ1n) is 5.57. The van der Waals surface area contributed by atoms with Crippen molar-refractivity contribution in [3.05, 3.63) is 28.2 Å². The highest BCUT2D eigenvalue weighted by Gasteiger charge is 2.26. The molecule has 0 aliphatic carbocycles. The maximum Gasteiger partial charge on any atom is 0.296 e. The molecule has 2 rings (SSSR count). The van der Waals surface area contributed by atoms with Gasteiger partial charge in [-0.25, -0.2) is 8.42 Å². The molecule has 0 spiro atoms. The molecule has 0 atom stereocenters. The predicted octanol–water partition coefficient (Wildman–Crippen LogP) is 3.76. The third kappa shape index (κ3) is 2.79. The monoisotopic (exact) mass is 353 g/mol. The maximum absolute atomic E-state index is 11.5. The molecule has 0 amide bonds. The second-order valence-electron chi connectivity index (χ2n) is 4.30. The Balaban J connectivity index is 2.80. The number of rotatable bonds is 3. The van der Waals surface area contributed by atoms with Crippen molar-refractivity contribution < 1.29 is 8.42 Å². The first-order chi connectivity index (χ1) is 9.23. The number of hydrogen-bond acceptors (Lipinski definition) is 4. The zero-order valence-corrected chi connectivity index (χ0v) is 13.6. The first-order valence-corrected chi connectivity index (χ1v) is 8.64. The van der Waals surface area contributed by atoms with Crippen LogP contribution in [0.4, 0.5) is 0 Å². The SMILES string of the molecule is CC(C)n1c(-c2c(Cl)cccc2Cl)nnc1S(=O)(=O)Cl. The van der Waals surface area contributed by atoms with Crippen molar-refractivity contribution in [3.63, 3.8) is 0 Å². The van der Waals surface area contributed by atoms with Gasteiger partial charge in [0.1, 0.15) is 0 Å². The Bertz CT molecular complexity index is 736. The summed E-state index contributed by atoms with van der Waals surface area (Å²) in [7, 11) is 1.36. The minimum Gasteiger partial charge on any atom is -0.294 e. The topological polar surface area (TPSA) is 64.8 Å². The molecule has 0 N–H and O–H groups in total. The fourth-order valence-electron chi connectivity index (χ4n) is 1.79. The van der Waals surface area contributed by atoms with Gasteiger partial charge in [0.25, 0.3) is 14.2 Å². The number of nitrogens with zero attached hydrogens (tertiary/aromatic N) is 3. The van der Waals surface area contributed by atoms with E-state index in [1.54, 1.807) is 32.0 Å². The first kappa shape index (κ1) is 15.6. The van der Waals surface area contributed by atoms with Gasteiger partial charge in [-0.1, -0.05) is 29.3 Å². The van der Waals surface area contributed by atoms with Crippen molar-refractivity contribution in [2.24, 2.45) is 0 Å². The van der Waals surface area contributed by atoms with Gasteiger partial charge in [-0.05, 0) is 26.0 Å². The van der Waals surface area contributed by atoms with Crippen LogP contribution in [0.5, 0.6) is 0 Å². The Morgan fingerprint density at radius 1 is 1.15 bits per heavy atom. The van der Waals surface area contributed by atoms with Gasteiger partial charge in [-0.3, -0.25) is 4.57 Å². The Hall–Kier alpha value is -0.820. The fraction of sp³-hybridized carbons (Fsp3) is 0.273. The average molecular weight is 355 g/mol. The van der Waals surface area contributed by atoms with Gasteiger partial charge in [-0.15, -0.1) is 10.2 Å². The fourth-order valence-corrected chi connectivity index (χ4v) is 3.34. The van der Waals surface area contributed by atoms with Crippen LogP contribution in [0.1, 0.15) is 19.9 Å². The number of hydrogen-bond donors (Lipinski definition) is 0. The predicted molar refractivity (Wildman–Crippen MR) is 78.9 cm³/mol. The third-order valence-corrected chi connectivity index (χ3v) is 4.34. The molecule has 5 nitrogen and oxygen atoms in total. The minimum absolute atomic E-state index is 0.240. The summed E-state index contributed by atoms with van der Waals surface area (Å²) in [6.45, 7) is 3.56. The van der Waals surface area contributed by atoms with Crippen LogP contribution < -0.4 is 0 Å². The van der Waals surface area contributed by atoms with Gasteiger partial charge in [0, 0.05) is 16.7 Å². The molecule has 1 aromatic heterocycles. The summed E-state index contributed by atoms with van der Waals surface area (Å²) in [6, 6.07) is 4.72. The van der Waals surface area contributed by atoms with Crippen molar-refractivity contribution in [3.8, 4) is 11.4 Å². The van der Waals surface area contributed by atoms with E-state index in [1.165, 1.54) is 4.57 Å². The van der Waals surface area contributed by atoms with E-state index in [1.807, 2.05) is 0 Å². The Morgan fingerprint density at radius 3 is 2.15 bits per heavy atom. The summed E-state index contributed by atoms with van der Waals surface area (Å²) in [4.78, 5) is 0. The van der Waals surface area contributed by atoms with E-state index in [2.05, 4.69) is 10.2 Å². The lowest BCUT2D eigenvalue weighted by Crippen LogP contribution is -2.10. The summed E-state index contributed by atoms with van der Waals surface area (Å²) >= 11 is 12.2. The van der Waals surface area contributed by atoms with Gasteiger partial charge in [-0.2, -0.15) is 0 Å². The highest BCUT2D eigenvalue weighted by Crippen LogP contribution is 2.35. The summed E-state index contributed by atoms with van der Waals surface area (Å²) in [5, 5.41) is 7.89. The molecule has 0 aliphatic rings. The molecule has 0 bridgehead atoms. The highest BCUT2D eigenvalue weighted by molar-refractivity contribution is 8.13. The van der Waals surface area contributed by atoms with E-state index in [-0.39, 0.29) is 17.0 Å². The average Bonchev–Trinajstić information content (AvgIpc) is 2.73. The van der Waals surface area contributed by atoms with Gasteiger partial charge < -0.3 is 0 Å². The second-order valence-corrected chi connectivity index (χ2v) is 7.58. The van der Waals surface area contributed by atoms with Crippen molar-refractivity contribution in [1.29, 1.82) is 0 Å². The molecule has 9 heteroatoms. The summed E-state index contributed by atoms with van der Waals surface area (Å²) < 4.78 is 24.5. The minimum atomic E-state index is -4.02. The molecule has 0 radical (unpaired) electrons. The van der Waals surface area contributed by atoms with Crippen molar-refractivity contribution in [2.45, 2.75) is 25.0 Å². The molecule has 0 saturated carbocycles. The third-order valence-electron chi connectivity index (χ3n) is 2.59. The maximum atomic E-state index is 11.5. The van der Waals surface area contributed by atoms with Gasteiger partial charge in [0.2, 0.25) is 0 Å². The van der Waals surface area contributed by atoms with E-state index in [0.717, 1.165) is 0 Å². The quantitative estimate of drug-likeness (QED) is 0.787. The van der Waals surface area contributed by atoms with Gasteiger partial charge in [0.15, 0.2) is 5.82 Å². The van der Waals surface area contributed by atoms with Crippen molar-refractivity contribution >= 4 is 42.9 Å². The normalized spacial score (nSPS) is 12.1. The standard InChI is InChI=1S/C11H10Cl3N3O2S/c1-6(2)17-10(15-16-11(17)20(14,18)19)9-7(12)4-3-5-8(9)13/h3-6H,1-2H3. The molecule has 0 unspecified atom stereocenters. The van der Waals surface area contributed by atoms with E-state index < -0.39 is 9.05 Å². The van der Waals surface area contributed by atoms with Crippen LogP contribution in [0.25, 0.3) is 11.4 Å². The summed E-state index contributed by atoms with van der Waals surface area (Å²) in [5.41, 5.74) is 0.420. The van der Waals surface area contributed by atoms with Crippen LogP contribution in [0.3, 0.4) is 0 Å². The van der Waals surface area contributed by atoms with Crippen LogP contribution in [-0.4, -0.2) is 23.2 Å². The van der Waals surface area contributed by atoms with Gasteiger partial charge >= 0.3 is 0 Å². The molecule has 20 heavy (non-hydrogen) atoms. The Morgan fingerprint density at radius 2 is 1.70 bits per heavy atom. The number of aromatic nitrogens is 3. The molecule has 0 aliphatic heterocycles. The summed E-state index contributed by atoms with van der Waals surface area (Å²) in [5.74, 6) is 0.259. The zero-order valence-electron chi connectivity index (χ0n) is 10.5. The van der Waals surface area contributed by atoms with Crippen LogP contribution in [0, 0.1) is 0 Å². The molecule has 108 valence electrons. The lowest BCUT2D eigenvalue weighted by atomic mass is 10.2. The lowest BCUT2D eigenvalue weighted by Gasteiger charge is -2.14. The van der Waals surface area contributed by atoms with Crippen molar-refractivity contribution in [2.75, 3.05) is 0 Å². The van der Waals surface area contributed by atoms with Crippen molar-refractivity contribution in [1.82, 2.24) is 14.8 Å². The highest BCUT2D eigenvalue weighted by atomic mass is 35.7. The zero-order chi connectivity index (χ0) is 15.1. The van der Waals surface area contributed by atoms with Crippen LogP contribution in [0.2, 0.25) is 10.0 Å². The Labute approximate surface area is 130 Å². The van der Waals surface area contributed by atoms with E-state index in [0.29, 0.717) is 15.6 Å². The van der Waals surface area contributed by atoms with E-state index in [4.69, 9.17) is 33.9 Å². The molecular weight excluding hydrogens is 345 g/mol. The lowest BCUT2D eigenvalue weighted by molar-refractivity contribution is 0.530. The summed E-state index contributed by atoms with van der Waals surface area (Å²) in [6.07, 6.45) is 0. The van der Waals surface area contributed by atoms with E-state index >= 15 is 0 Å². The smallest absolute Gasteiger partial charge is 0.294 e. The van der Waals surface area contributed by atoms with E-state index in [9.17, 15) is 8.42 Å².